The van der Waals surface area contributed by atoms with Crippen LogP contribution in [-0.4, -0.2) is 34.2 Å². The van der Waals surface area contributed by atoms with Gasteiger partial charge in [0, 0.05) is 29.1 Å². The Bertz CT molecular complexity index is 1210. The highest BCUT2D eigenvalue weighted by Gasteiger charge is 2.18. The minimum absolute atomic E-state index is 0.0935. The number of ether oxygens (including phenoxy) is 2. The number of amides is 1. The van der Waals surface area contributed by atoms with E-state index in [1.807, 2.05) is 17.5 Å². The van der Waals surface area contributed by atoms with E-state index in [1.165, 1.54) is 36.4 Å². The standard InChI is InChI=1S/C23H23FN2O5S2/c24-19-12-17(22-18(13-19)14-30-15-31-22)7-9-25-23(27)16-3-5-21(6-4-16)33(28,29)26-10-8-20-2-1-11-32-20/h1-6,11-13,26H,7-10,14-15H2,(H,25,27). The van der Waals surface area contributed by atoms with Crippen molar-refractivity contribution in [2.75, 3.05) is 19.9 Å². The third kappa shape index (κ3) is 5.97. The Labute approximate surface area is 195 Å². The van der Waals surface area contributed by atoms with Gasteiger partial charge in [-0.25, -0.2) is 17.5 Å². The fourth-order valence-electron chi connectivity index (χ4n) is 3.49. The van der Waals surface area contributed by atoms with Crippen LogP contribution in [0.3, 0.4) is 0 Å². The molecule has 0 aliphatic carbocycles. The lowest BCUT2D eigenvalue weighted by Gasteiger charge is -2.21. The zero-order valence-corrected chi connectivity index (χ0v) is 19.3. The molecule has 33 heavy (non-hydrogen) atoms. The average Bonchev–Trinajstić information content (AvgIpc) is 3.32. The Kier molecular flexibility index (Phi) is 7.39. The van der Waals surface area contributed by atoms with E-state index in [4.69, 9.17) is 9.47 Å². The minimum Gasteiger partial charge on any atom is -0.467 e. The maximum atomic E-state index is 13.8. The number of hydrogen-bond donors (Lipinski definition) is 2. The van der Waals surface area contributed by atoms with E-state index in [9.17, 15) is 17.6 Å². The van der Waals surface area contributed by atoms with Gasteiger partial charge >= 0.3 is 0 Å². The number of benzene rings is 2. The summed E-state index contributed by atoms with van der Waals surface area (Å²) in [6.45, 7) is 0.953. The van der Waals surface area contributed by atoms with E-state index in [1.54, 1.807) is 11.3 Å². The number of thiophene rings is 1. The van der Waals surface area contributed by atoms with Crippen LogP contribution in [0.1, 0.15) is 26.4 Å². The molecule has 2 heterocycles. The van der Waals surface area contributed by atoms with Gasteiger partial charge in [-0.05, 0) is 66.2 Å². The van der Waals surface area contributed by atoms with Crippen LogP contribution >= 0.6 is 11.3 Å². The summed E-state index contributed by atoms with van der Waals surface area (Å²) in [5.74, 6) is -0.137. The van der Waals surface area contributed by atoms with Gasteiger partial charge in [0.05, 0.1) is 11.5 Å². The lowest BCUT2D eigenvalue weighted by molar-refractivity contribution is -0.0172. The van der Waals surface area contributed by atoms with Gasteiger partial charge in [0.1, 0.15) is 11.6 Å². The van der Waals surface area contributed by atoms with Gasteiger partial charge < -0.3 is 14.8 Å². The van der Waals surface area contributed by atoms with Crippen molar-refractivity contribution in [3.8, 4) is 5.75 Å². The van der Waals surface area contributed by atoms with Crippen molar-refractivity contribution in [2.24, 2.45) is 0 Å². The van der Waals surface area contributed by atoms with Crippen LogP contribution in [0.15, 0.2) is 58.8 Å². The number of carbonyl (C=O) groups excluding carboxylic acids is 1. The molecule has 0 atom stereocenters. The van der Waals surface area contributed by atoms with E-state index < -0.39 is 10.0 Å². The molecule has 7 nitrogen and oxygen atoms in total. The molecule has 0 saturated carbocycles. The monoisotopic (exact) mass is 490 g/mol. The van der Waals surface area contributed by atoms with Crippen molar-refractivity contribution in [1.29, 1.82) is 0 Å². The van der Waals surface area contributed by atoms with Crippen molar-refractivity contribution in [2.45, 2.75) is 24.3 Å². The summed E-state index contributed by atoms with van der Waals surface area (Å²) in [5.41, 5.74) is 1.63. The molecule has 1 aliphatic heterocycles. The summed E-state index contributed by atoms with van der Waals surface area (Å²) in [6, 6.07) is 12.4. The maximum absolute atomic E-state index is 13.8. The first-order valence-corrected chi connectivity index (χ1v) is 12.7. The van der Waals surface area contributed by atoms with Gasteiger partial charge in [0.2, 0.25) is 10.0 Å². The fraction of sp³-hybridized carbons (Fsp3) is 0.261. The van der Waals surface area contributed by atoms with Crippen molar-refractivity contribution in [3.05, 3.63) is 81.3 Å². The first-order valence-electron chi connectivity index (χ1n) is 10.3. The molecule has 174 valence electrons. The molecule has 1 amide bonds. The van der Waals surface area contributed by atoms with Gasteiger partial charge in [-0.15, -0.1) is 11.3 Å². The molecule has 1 aliphatic rings. The van der Waals surface area contributed by atoms with Crippen LogP contribution in [0.5, 0.6) is 5.75 Å². The predicted octanol–water partition coefficient (Wildman–Crippen LogP) is 3.25. The summed E-state index contributed by atoms with van der Waals surface area (Å²) >= 11 is 1.58. The summed E-state index contributed by atoms with van der Waals surface area (Å²) in [5, 5.41) is 4.72. The number of sulfonamides is 1. The Morgan fingerprint density at radius 2 is 1.91 bits per heavy atom. The van der Waals surface area contributed by atoms with Crippen LogP contribution in [-0.2, 0) is 34.2 Å². The Hall–Kier alpha value is -2.79. The van der Waals surface area contributed by atoms with Crippen LogP contribution in [0, 0.1) is 5.82 Å². The van der Waals surface area contributed by atoms with Crippen molar-refractivity contribution in [1.82, 2.24) is 10.0 Å². The van der Waals surface area contributed by atoms with Gasteiger partial charge in [-0.2, -0.15) is 0 Å². The molecular formula is C23H23FN2O5S2. The molecule has 0 radical (unpaired) electrons. The van der Waals surface area contributed by atoms with E-state index in [2.05, 4.69) is 10.0 Å². The summed E-state index contributed by atoms with van der Waals surface area (Å²) in [4.78, 5) is 13.6. The summed E-state index contributed by atoms with van der Waals surface area (Å²) in [6.07, 6.45) is 0.996. The van der Waals surface area contributed by atoms with Crippen LogP contribution in [0.4, 0.5) is 4.39 Å². The van der Waals surface area contributed by atoms with E-state index in [0.29, 0.717) is 41.8 Å². The Morgan fingerprint density at radius 1 is 1.09 bits per heavy atom. The van der Waals surface area contributed by atoms with Gasteiger partial charge in [0.25, 0.3) is 5.91 Å². The fourth-order valence-corrected chi connectivity index (χ4v) is 5.23. The molecule has 2 aromatic carbocycles. The average molecular weight is 491 g/mol. The highest BCUT2D eigenvalue weighted by atomic mass is 32.2. The number of fused-ring (bicyclic) bond motifs is 1. The van der Waals surface area contributed by atoms with Gasteiger partial charge in [-0.1, -0.05) is 6.07 Å². The third-order valence-electron chi connectivity index (χ3n) is 5.10. The van der Waals surface area contributed by atoms with Gasteiger partial charge in [-0.3, -0.25) is 4.79 Å². The lowest BCUT2D eigenvalue weighted by Crippen LogP contribution is -2.27. The molecule has 1 aromatic heterocycles. The summed E-state index contributed by atoms with van der Waals surface area (Å²) in [7, 11) is -3.66. The van der Waals surface area contributed by atoms with E-state index in [0.717, 1.165) is 4.88 Å². The summed E-state index contributed by atoms with van der Waals surface area (Å²) < 4.78 is 52.0. The second kappa shape index (κ2) is 10.4. The largest absolute Gasteiger partial charge is 0.467 e. The third-order valence-corrected chi connectivity index (χ3v) is 7.52. The first-order chi connectivity index (χ1) is 15.9. The highest BCUT2D eigenvalue weighted by molar-refractivity contribution is 7.89. The number of hydrogen-bond acceptors (Lipinski definition) is 6. The molecule has 0 unspecified atom stereocenters. The van der Waals surface area contributed by atoms with Crippen LogP contribution < -0.4 is 14.8 Å². The van der Waals surface area contributed by atoms with E-state index in [-0.39, 0.29) is 36.6 Å². The van der Waals surface area contributed by atoms with Crippen molar-refractivity contribution >= 4 is 27.3 Å². The van der Waals surface area contributed by atoms with Gasteiger partial charge in [0.15, 0.2) is 6.79 Å². The highest BCUT2D eigenvalue weighted by Crippen LogP contribution is 2.29. The lowest BCUT2D eigenvalue weighted by atomic mass is 10.1. The Morgan fingerprint density at radius 3 is 2.67 bits per heavy atom. The molecular weight excluding hydrogens is 467 g/mol. The SMILES string of the molecule is O=C(NCCc1cc(F)cc2c1OCOC2)c1ccc(S(=O)(=O)NCCc2cccs2)cc1. The minimum atomic E-state index is -3.66. The smallest absolute Gasteiger partial charge is 0.251 e. The first kappa shape index (κ1) is 23.4. The molecule has 0 spiro atoms. The molecule has 10 heteroatoms. The molecule has 4 rings (SSSR count). The second-order valence-corrected chi connectivity index (χ2v) is 10.2. The topological polar surface area (TPSA) is 93.7 Å². The molecule has 0 fully saturated rings. The number of halogens is 1. The van der Waals surface area contributed by atoms with Crippen molar-refractivity contribution in [3.63, 3.8) is 0 Å². The zero-order chi connectivity index (χ0) is 23.3. The van der Waals surface area contributed by atoms with Crippen molar-refractivity contribution < 1.29 is 27.1 Å². The van der Waals surface area contributed by atoms with Crippen LogP contribution in [0.25, 0.3) is 0 Å². The second-order valence-electron chi connectivity index (χ2n) is 7.42. The molecule has 3 aromatic rings. The Balaban J connectivity index is 1.31. The normalized spacial score (nSPS) is 13.2. The molecule has 0 bridgehead atoms. The molecule has 2 N–H and O–H groups in total. The number of carbonyl (C=O) groups is 1. The van der Waals surface area contributed by atoms with E-state index >= 15 is 0 Å². The molecule has 0 saturated heterocycles. The maximum Gasteiger partial charge on any atom is 0.251 e. The predicted molar refractivity (Wildman–Crippen MR) is 122 cm³/mol. The number of rotatable bonds is 9. The van der Waals surface area contributed by atoms with Crippen LogP contribution in [0.2, 0.25) is 0 Å². The number of nitrogens with one attached hydrogen (secondary N) is 2. The quantitative estimate of drug-likeness (QED) is 0.480. The zero-order valence-electron chi connectivity index (χ0n) is 17.7.